The van der Waals surface area contributed by atoms with Crippen LogP contribution in [0.2, 0.25) is 0 Å². The Kier molecular flexibility index (Phi) is 5.35. The van der Waals surface area contributed by atoms with Crippen LogP contribution in [-0.2, 0) is 6.54 Å². The van der Waals surface area contributed by atoms with Crippen molar-refractivity contribution in [3.05, 3.63) is 23.6 Å². The topological polar surface area (TPSA) is 34.2 Å². The van der Waals surface area contributed by atoms with Crippen LogP contribution in [0.4, 0.5) is 4.39 Å². The molecule has 0 aliphatic carbocycles. The van der Waals surface area contributed by atoms with E-state index in [9.17, 15) is 4.39 Å². The van der Waals surface area contributed by atoms with Gasteiger partial charge in [-0.15, -0.1) is 0 Å². The summed E-state index contributed by atoms with van der Waals surface area (Å²) in [7, 11) is 0. The maximum Gasteiger partial charge on any atom is 0.250 e. The van der Waals surface area contributed by atoms with Gasteiger partial charge in [-0.25, -0.2) is 9.37 Å². The molecule has 0 spiro atoms. The molecule has 1 heterocycles. The van der Waals surface area contributed by atoms with Crippen LogP contribution in [0.1, 0.15) is 33.3 Å². The van der Waals surface area contributed by atoms with Crippen molar-refractivity contribution in [2.45, 2.75) is 40.3 Å². The number of ether oxygens (including phenoxy) is 1. The predicted octanol–water partition coefficient (Wildman–Crippen LogP) is 2.75. The van der Waals surface area contributed by atoms with Crippen molar-refractivity contribution in [1.82, 2.24) is 10.3 Å². The molecule has 0 amide bonds. The van der Waals surface area contributed by atoms with Crippen LogP contribution in [0.15, 0.2) is 12.3 Å². The van der Waals surface area contributed by atoms with Gasteiger partial charge in [-0.05, 0) is 25.5 Å². The van der Waals surface area contributed by atoms with E-state index in [1.54, 1.807) is 12.3 Å². The number of hydrogen-bond donors (Lipinski definition) is 1. The molecular formula is C13H21FN2O. The van der Waals surface area contributed by atoms with E-state index in [-0.39, 0.29) is 17.8 Å². The molecule has 0 saturated heterocycles. The Morgan fingerprint density at radius 3 is 2.71 bits per heavy atom. The second kappa shape index (κ2) is 6.55. The van der Waals surface area contributed by atoms with E-state index in [1.807, 2.05) is 27.7 Å². The Labute approximate surface area is 102 Å². The molecular weight excluding hydrogens is 219 g/mol. The zero-order valence-corrected chi connectivity index (χ0v) is 11.0. The van der Waals surface area contributed by atoms with Gasteiger partial charge in [0.05, 0.1) is 0 Å². The summed E-state index contributed by atoms with van der Waals surface area (Å²) in [4.78, 5) is 3.94. The minimum Gasteiger partial charge on any atom is -0.472 e. The van der Waals surface area contributed by atoms with Gasteiger partial charge in [0, 0.05) is 18.3 Å². The SMILES string of the molecule is CCNCc1ccnc(OC(C)C(C)C)c1F. The highest BCUT2D eigenvalue weighted by Crippen LogP contribution is 2.20. The molecule has 96 valence electrons. The smallest absolute Gasteiger partial charge is 0.250 e. The molecule has 1 aromatic heterocycles. The summed E-state index contributed by atoms with van der Waals surface area (Å²) in [5.74, 6) is 0.0659. The fraction of sp³-hybridized carbons (Fsp3) is 0.615. The van der Waals surface area contributed by atoms with E-state index >= 15 is 0 Å². The second-order valence-electron chi connectivity index (χ2n) is 4.44. The highest BCUT2D eigenvalue weighted by Gasteiger charge is 2.15. The number of halogens is 1. The third kappa shape index (κ3) is 3.97. The molecule has 0 saturated carbocycles. The fourth-order valence-electron chi connectivity index (χ4n) is 1.25. The lowest BCUT2D eigenvalue weighted by Gasteiger charge is -2.18. The zero-order valence-electron chi connectivity index (χ0n) is 11.0. The molecule has 1 unspecified atom stereocenters. The highest BCUT2D eigenvalue weighted by molar-refractivity contribution is 5.23. The number of nitrogens with zero attached hydrogens (tertiary/aromatic N) is 1. The van der Waals surface area contributed by atoms with Crippen molar-refractivity contribution in [3.8, 4) is 5.88 Å². The van der Waals surface area contributed by atoms with Crippen molar-refractivity contribution in [1.29, 1.82) is 0 Å². The summed E-state index contributed by atoms with van der Waals surface area (Å²) in [5, 5.41) is 3.09. The molecule has 1 atom stereocenters. The van der Waals surface area contributed by atoms with Crippen molar-refractivity contribution >= 4 is 0 Å². The van der Waals surface area contributed by atoms with E-state index in [1.165, 1.54) is 0 Å². The quantitative estimate of drug-likeness (QED) is 0.830. The average molecular weight is 240 g/mol. The average Bonchev–Trinajstić information content (AvgIpc) is 2.30. The highest BCUT2D eigenvalue weighted by atomic mass is 19.1. The van der Waals surface area contributed by atoms with Gasteiger partial charge in [0.25, 0.3) is 5.88 Å². The molecule has 0 bridgehead atoms. The zero-order chi connectivity index (χ0) is 12.8. The van der Waals surface area contributed by atoms with Gasteiger partial charge in [-0.3, -0.25) is 0 Å². The molecule has 1 N–H and O–H groups in total. The van der Waals surface area contributed by atoms with Gasteiger partial charge in [-0.1, -0.05) is 20.8 Å². The summed E-state index contributed by atoms with van der Waals surface area (Å²) in [6.07, 6.45) is 1.53. The number of rotatable bonds is 6. The minimum absolute atomic E-state index is 0.0496. The first-order chi connectivity index (χ1) is 8.06. The Morgan fingerprint density at radius 1 is 1.41 bits per heavy atom. The lowest BCUT2D eigenvalue weighted by atomic mass is 10.1. The van der Waals surface area contributed by atoms with Gasteiger partial charge in [0.2, 0.25) is 0 Å². The molecule has 0 aromatic carbocycles. The van der Waals surface area contributed by atoms with E-state index in [4.69, 9.17) is 4.74 Å². The van der Waals surface area contributed by atoms with Crippen molar-refractivity contribution in [3.63, 3.8) is 0 Å². The third-order valence-electron chi connectivity index (χ3n) is 2.74. The van der Waals surface area contributed by atoms with Gasteiger partial charge < -0.3 is 10.1 Å². The Hall–Kier alpha value is -1.16. The van der Waals surface area contributed by atoms with Crippen LogP contribution in [0.5, 0.6) is 5.88 Å². The van der Waals surface area contributed by atoms with Crippen LogP contribution >= 0.6 is 0 Å². The maximum absolute atomic E-state index is 14.0. The van der Waals surface area contributed by atoms with Crippen LogP contribution in [0.25, 0.3) is 0 Å². The van der Waals surface area contributed by atoms with E-state index in [0.717, 1.165) is 6.54 Å². The van der Waals surface area contributed by atoms with E-state index < -0.39 is 0 Å². The predicted molar refractivity (Wildman–Crippen MR) is 66.5 cm³/mol. The number of pyridine rings is 1. The Bertz CT molecular complexity index is 355. The number of hydrogen-bond acceptors (Lipinski definition) is 3. The molecule has 3 nitrogen and oxygen atoms in total. The number of aromatic nitrogens is 1. The molecule has 17 heavy (non-hydrogen) atoms. The van der Waals surface area contributed by atoms with Gasteiger partial charge >= 0.3 is 0 Å². The lowest BCUT2D eigenvalue weighted by Crippen LogP contribution is -2.21. The van der Waals surface area contributed by atoms with Crippen molar-refractivity contribution in [2.24, 2.45) is 5.92 Å². The molecule has 0 fully saturated rings. The standard InChI is InChI=1S/C13H21FN2O/c1-5-15-8-11-6-7-16-13(12(11)14)17-10(4)9(2)3/h6-7,9-10,15H,5,8H2,1-4H3. The van der Waals surface area contributed by atoms with Crippen LogP contribution in [-0.4, -0.2) is 17.6 Å². The summed E-state index contributed by atoms with van der Waals surface area (Å²) >= 11 is 0. The lowest BCUT2D eigenvalue weighted by molar-refractivity contribution is 0.155. The van der Waals surface area contributed by atoms with Crippen molar-refractivity contribution < 1.29 is 9.13 Å². The summed E-state index contributed by atoms with van der Waals surface area (Å²) in [5.41, 5.74) is 0.591. The molecule has 4 heteroatoms. The van der Waals surface area contributed by atoms with Crippen LogP contribution in [0.3, 0.4) is 0 Å². The van der Waals surface area contributed by atoms with Gasteiger partial charge in [0.1, 0.15) is 6.10 Å². The fourth-order valence-corrected chi connectivity index (χ4v) is 1.25. The van der Waals surface area contributed by atoms with Gasteiger partial charge in [-0.2, -0.15) is 0 Å². The van der Waals surface area contributed by atoms with E-state index in [0.29, 0.717) is 18.0 Å². The molecule has 1 aromatic rings. The first-order valence-electron chi connectivity index (χ1n) is 6.07. The second-order valence-corrected chi connectivity index (χ2v) is 4.44. The third-order valence-corrected chi connectivity index (χ3v) is 2.74. The first kappa shape index (κ1) is 13.9. The summed E-state index contributed by atoms with van der Waals surface area (Å²) in [6, 6.07) is 1.67. The normalized spacial score (nSPS) is 12.8. The molecule has 1 rings (SSSR count). The molecule has 0 radical (unpaired) electrons. The molecule has 0 aliphatic heterocycles. The molecule has 0 aliphatic rings. The monoisotopic (exact) mass is 240 g/mol. The number of nitrogens with one attached hydrogen (secondary N) is 1. The van der Waals surface area contributed by atoms with Gasteiger partial charge in [0.15, 0.2) is 5.82 Å². The minimum atomic E-state index is -0.360. The first-order valence-corrected chi connectivity index (χ1v) is 6.07. The summed E-state index contributed by atoms with van der Waals surface area (Å²) in [6.45, 7) is 9.27. The Balaban J connectivity index is 2.79. The maximum atomic E-state index is 14.0. The Morgan fingerprint density at radius 2 is 2.12 bits per heavy atom. The van der Waals surface area contributed by atoms with Crippen molar-refractivity contribution in [2.75, 3.05) is 6.54 Å². The van der Waals surface area contributed by atoms with E-state index in [2.05, 4.69) is 10.3 Å². The largest absolute Gasteiger partial charge is 0.472 e. The van der Waals surface area contributed by atoms with Crippen LogP contribution < -0.4 is 10.1 Å². The summed E-state index contributed by atoms with van der Waals surface area (Å²) < 4.78 is 19.5. The van der Waals surface area contributed by atoms with Crippen LogP contribution in [0, 0.1) is 11.7 Å².